The van der Waals surface area contributed by atoms with Crippen LogP contribution in [0.3, 0.4) is 0 Å². The fourth-order valence-corrected chi connectivity index (χ4v) is 4.43. The molecule has 38 heavy (non-hydrogen) atoms. The van der Waals surface area contributed by atoms with Gasteiger partial charge in [-0.2, -0.15) is 26.3 Å². The summed E-state index contributed by atoms with van der Waals surface area (Å²) >= 11 is 0. The number of hydrogen-bond donors (Lipinski definition) is 1. The highest BCUT2D eigenvalue weighted by atomic mass is 19.4. The van der Waals surface area contributed by atoms with E-state index >= 15 is 0 Å². The van der Waals surface area contributed by atoms with Gasteiger partial charge in [-0.1, -0.05) is 12.1 Å². The SMILES string of the molecule is C[C@@H](O[C@H]1CN(C(=O)OC(C)(C)C)[C@@H](CO)C1c1ccc(F)cc1)c1cc(C(F)(F)F)cc(C(F)(F)F)c1. The van der Waals surface area contributed by atoms with Crippen molar-refractivity contribution >= 4 is 6.09 Å². The number of aliphatic hydroxyl groups is 1. The Morgan fingerprint density at radius 3 is 1.97 bits per heavy atom. The number of carbonyl (C=O) groups is 1. The summed E-state index contributed by atoms with van der Waals surface area (Å²) in [6, 6.07) is 5.40. The van der Waals surface area contributed by atoms with Crippen molar-refractivity contribution < 1.29 is 50.1 Å². The van der Waals surface area contributed by atoms with Crippen molar-refractivity contribution in [1.29, 1.82) is 0 Å². The normalized spacial score (nSPS) is 21.5. The van der Waals surface area contributed by atoms with Gasteiger partial charge in [-0.3, -0.25) is 4.90 Å². The number of hydrogen-bond acceptors (Lipinski definition) is 4. The molecule has 0 bridgehead atoms. The number of benzene rings is 2. The number of alkyl halides is 6. The molecule has 2 aromatic carbocycles. The fourth-order valence-electron chi connectivity index (χ4n) is 4.43. The minimum atomic E-state index is -5.03. The topological polar surface area (TPSA) is 59.0 Å². The quantitative estimate of drug-likeness (QED) is 0.420. The van der Waals surface area contributed by atoms with Crippen LogP contribution in [-0.4, -0.2) is 47.0 Å². The second kappa shape index (κ2) is 10.7. The number of halogens is 7. The fraction of sp³-hybridized carbons (Fsp3) is 0.500. The first kappa shape index (κ1) is 29.7. The number of likely N-dealkylation sites (tertiary alicyclic amines) is 1. The average Bonchev–Trinajstić information content (AvgIpc) is 3.15. The number of amides is 1. The number of aliphatic hydroxyl groups excluding tert-OH is 1. The predicted molar refractivity (Wildman–Crippen MR) is 123 cm³/mol. The van der Waals surface area contributed by atoms with Crippen LogP contribution in [0.25, 0.3) is 0 Å². The molecular weight excluding hydrogens is 523 g/mol. The van der Waals surface area contributed by atoms with E-state index in [4.69, 9.17) is 9.47 Å². The average molecular weight is 551 g/mol. The van der Waals surface area contributed by atoms with Gasteiger partial charge in [-0.15, -0.1) is 0 Å². The summed E-state index contributed by atoms with van der Waals surface area (Å²) in [6.45, 7) is 5.45. The van der Waals surface area contributed by atoms with Crippen molar-refractivity contribution in [2.24, 2.45) is 0 Å². The maximum atomic E-state index is 13.6. The third-order valence-corrected chi connectivity index (χ3v) is 6.12. The molecule has 0 radical (unpaired) electrons. The zero-order valence-electron chi connectivity index (χ0n) is 21.0. The molecule has 2 aromatic rings. The van der Waals surface area contributed by atoms with Crippen LogP contribution in [0.2, 0.25) is 0 Å². The second-order valence-electron chi connectivity index (χ2n) is 10.1. The summed E-state index contributed by atoms with van der Waals surface area (Å²) < 4.78 is 105. The number of nitrogens with zero attached hydrogens (tertiary/aromatic N) is 1. The Hall–Kier alpha value is -2.86. The molecule has 1 aliphatic heterocycles. The van der Waals surface area contributed by atoms with Gasteiger partial charge >= 0.3 is 18.4 Å². The molecule has 1 aliphatic rings. The van der Waals surface area contributed by atoms with Gasteiger partial charge in [0.2, 0.25) is 0 Å². The van der Waals surface area contributed by atoms with E-state index in [1.165, 1.54) is 24.0 Å². The Morgan fingerprint density at radius 1 is 1.00 bits per heavy atom. The van der Waals surface area contributed by atoms with Crippen molar-refractivity contribution in [2.45, 2.75) is 69.8 Å². The van der Waals surface area contributed by atoms with Crippen molar-refractivity contribution in [3.63, 3.8) is 0 Å². The maximum Gasteiger partial charge on any atom is 0.416 e. The van der Waals surface area contributed by atoms with Crippen LogP contribution in [-0.2, 0) is 21.8 Å². The van der Waals surface area contributed by atoms with Crippen LogP contribution in [0.15, 0.2) is 42.5 Å². The molecule has 1 saturated heterocycles. The first-order valence-electron chi connectivity index (χ1n) is 11.7. The zero-order chi connectivity index (χ0) is 28.6. The van der Waals surface area contributed by atoms with E-state index in [9.17, 15) is 40.6 Å². The summed E-state index contributed by atoms with van der Waals surface area (Å²) in [5.74, 6) is -1.34. The van der Waals surface area contributed by atoms with Gasteiger partial charge in [0, 0.05) is 5.92 Å². The Kier molecular flexibility index (Phi) is 8.38. The lowest BCUT2D eigenvalue weighted by Gasteiger charge is -2.29. The van der Waals surface area contributed by atoms with Crippen LogP contribution in [0.5, 0.6) is 0 Å². The number of ether oxygens (including phenoxy) is 2. The minimum absolute atomic E-state index is 0.0269. The molecule has 210 valence electrons. The number of carbonyl (C=O) groups excluding carboxylic acids is 1. The van der Waals surface area contributed by atoms with E-state index in [1.54, 1.807) is 20.8 Å². The second-order valence-corrected chi connectivity index (χ2v) is 10.1. The highest BCUT2D eigenvalue weighted by Crippen LogP contribution is 2.41. The molecular formula is C26H28F7NO4. The van der Waals surface area contributed by atoms with E-state index in [0.717, 1.165) is 12.1 Å². The molecule has 0 aromatic heterocycles. The Bertz CT molecular complexity index is 1090. The molecule has 3 rings (SSSR count). The molecule has 1 fully saturated rings. The molecule has 1 amide bonds. The molecule has 1 N–H and O–H groups in total. The zero-order valence-corrected chi connectivity index (χ0v) is 21.0. The molecule has 1 heterocycles. The highest BCUT2D eigenvalue weighted by Gasteiger charge is 2.47. The van der Waals surface area contributed by atoms with Crippen molar-refractivity contribution in [3.8, 4) is 0 Å². The first-order chi connectivity index (χ1) is 17.4. The standard InChI is InChI=1S/C26H28F7NO4/c1-14(16-9-17(25(28,29)30)11-18(10-16)26(31,32)33)37-21-12-34(23(36)38-24(2,3)4)20(13-35)22(21)15-5-7-19(27)8-6-15/h5-11,14,20-22,35H,12-13H2,1-4H3/t14-,20+,21+,22?/m1/s1. The van der Waals surface area contributed by atoms with Crippen molar-refractivity contribution in [3.05, 3.63) is 70.5 Å². The van der Waals surface area contributed by atoms with E-state index in [2.05, 4.69) is 0 Å². The molecule has 12 heteroatoms. The van der Waals surface area contributed by atoms with Gasteiger partial charge < -0.3 is 14.6 Å². The minimum Gasteiger partial charge on any atom is -0.444 e. The third-order valence-electron chi connectivity index (χ3n) is 6.12. The van der Waals surface area contributed by atoms with Crippen LogP contribution in [0, 0.1) is 5.82 Å². The highest BCUT2D eigenvalue weighted by molar-refractivity contribution is 5.69. The Labute approximate surface area is 215 Å². The third kappa shape index (κ3) is 6.96. The molecule has 0 saturated carbocycles. The number of rotatable bonds is 5. The van der Waals surface area contributed by atoms with Gasteiger partial charge in [0.1, 0.15) is 11.4 Å². The van der Waals surface area contributed by atoms with Crippen LogP contribution >= 0.6 is 0 Å². The van der Waals surface area contributed by atoms with Crippen LogP contribution in [0.1, 0.15) is 62.0 Å². The molecule has 4 atom stereocenters. The van der Waals surface area contributed by atoms with Gasteiger partial charge in [-0.05, 0) is 69.2 Å². The first-order valence-corrected chi connectivity index (χ1v) is 11.7. The van der Waals surface area contributed by atoms with Gasteiger partial charge in [0.05, 0.1) is 42.5 Å². The summed E-state index contributed by atoms with van der Waals surface area (Å²) in [5, 5.41) is 10.2. The maximum absolute atomic E-state index is 13.6. The molecule has 0 spiro atoms. The summed E-state index contributed by atoms with van der Waals surface area (Å²) in [4.78, 5) is 14.1. The van der Waals surface area contributed by atoms with Crippen LogP contribution < -0.4 is 0 Å². The lowest BCUT2D eigenvalue weighted by atomic mass is 9.90. The predicted octanol–water partition coefficient (Wildman–Crippen LogP) is 6.70. The lowest BCUT2D eigenvalue weighted by molar-refractivity contribution is -0.143. The molecule has 0 aliphatic carbocycles. The summed E-state index contributed by atoms with van der Waals surface area (Å²) in [5.41, 5.74) is -3.78. The van der Waals surface area contributed by atoms with Crippen molar-refractivity contribution in [1.82, 2.24) is 4.90 Å². The van der Waals surface area contributed by atoms with Crippen molar-refractivity contribution in [2.75, 3.05) is 13.2 Å². The van der Waals surface area contributed by atoms with Gasteiger partial charge in [0.25, 0.3) is 0 Å². The van der Waals surface area contributed by atoms with E-state index in [1.807, 2.05) is 0 Å². The van der Waals surface area contributed by atoms with E-state index < -0.39 is 71.8 Å². The Balaban J connectivity index is 2.00. The van der Waals surface area contributed by atoms with E-state index in [0.29, 0.717) is 17.7 Å². The van der Waals surface area contributed by atoms with E-state index in [-0.39, 0.29) is 18.2 Å². The summed E-state index contributed by atoms with van der Waals surface area (Å²) in [6.07, 6.45) is -13.1. The summed E-state index contributed by atoms with van der Waals surface area (Å²) in [7, 11) is 0. The van der Waals surface area contributed by atoms with Gasteiger partial charge in [-0.25, -0.2) is 9.18 Å². The lowest BCUT2D eigenvalue weighted by Crippen LogP contribution is -2.42. The Morgan fingerprint density at radius 2 is 1.53 bits per heavy atom. The van der Waals surface area contributed by atoms with Gasteiger partial charge in [0.15, 0.2) is 0 Å². The monoisotopic (exact) mass is 551 g/mol. The smallest absolute Gasteiger partial charge is 0.416 e. The van der Waals surface area contributed by atoms with Crippen LogP contribution in [0.4, 0.5) is 35.5 Å². The largest absolute Gasteiger partial charge is 0.444 e. The molecule has 5 nitrogen and oxygen atoms in total. The molecule has 1 unspecified atom stereocenters.